The molecule has 1 atom stereocenters. The predicted octanol–water partition coefficient (Wildman–Crippen LogP) is 1.81. The molecule has 1 unspecified atom stereocenters. The molecule has 2 fully saturated rings. The van der Waals surface area contributed by atoms with E-state index in [0.717, 1.165) is 38.8 Å². The van der Waals surface area contributed by atoms with Gasteiger partial charge in [0.15, 0.2) is 0 Å². The Labute approximate surface area is 130 Å². The molecule has 2 aliphatic heterocycles. The fraction of sp³-hybridized carbons (Fsp3) is 0.688. The molecule has 0 radical (unpaired) electrons. The third-order valence-electron chi connectivity index (χ3n) is 4.59. The fourth-order valence-electron chi connectivity index (χ4n) is 3.31. The van der Waals surface area contributed by atoms with E-state index in [2.05, 4.69) is 9.97 Å². The van der Waals surface area contributed by atoms with Crippen LogP contribution in [0.15, 0.2) is 18.5 Å². The Morgan fingerprint density at radius 1 is 1.41 bits per heavy atom. The van der Waals surface area contributed by atoms with Gasteiger partial charge in [-0.2, -0.15) is 0 Å². The van der Waals surface area contributed by atoms with Crippen molar-refractivity contribution in [2.24, 2.45) is 0 Å². The van der Waals surface area contributed by atoms with Crippen molar-refractivity contribution in [1.82, 2.24) is 14.9 Å². The third kappa shape index (κ3) is 3.38. The molecule has 2 saturated heterocycles. The van der Waals surface area contributed by atoms with Gasteiger partial charge < -0.3 is 14.4 Å². The van der Waals surface area contributed by atoms with Crippen molar-refractivity contribution in [2.75, 3.05) is 19.7 Å². The molecule has 0 bridgehead atoms. The van der Waals surface area contributed by atoms with Crippen molar-refractivity contribution in [2.45, 2.75) is 50.7 Å². The summed E-state index contributed by atoms with van der Waals surface area (Å²) in [4.78, 5) is 22.0. The van der Waals surface area contributed by atoms with Gasteiger partial charge in [0, 0.05) is 44.7 Å². The summed E-state index contributed by atoms with van der Waals surface area (Å²) < 4.78 is 12.0. The van der Waals surface area contributed by atoms with E-state index in [4.69, 9.17) is 9.47 Å². The van der Waals surface area contributed by atoms with E-state index in [1.165, 1.54) is 0 Å². The molecule has 0 aliphatic carbocycles. The summed E-state index contributed by atoms with van der Waals surface area (Å²) in [5.41, 5.74) is -0.151. The number of hydrogen-bond acceptors (Lipinski definition) is 5. The van der Waals surface area contributed by atoms with Crippen LogP contribution in [0, 0.1) is 0 Å². The molecule has 6 nitrogen and oxygen atoms in total. The van der Waals surface area contributed by atoms with Gasteiger partial charge in [0.25, 0.3) is 0 Å². The zero-order valence-electron chi connectivity index (χ0n) is 13.0. The minimum absolute atomic E-state index is 0.0876. The van der Waals surface area contributed by atoms with E-state index in [0.29, 0.717) is 19.0 Å². The average molecular weight is 305 g/mol. The highest BCUT2D eigenvalue weighted by atomic mass is 16.5. The smallest absolute Gasteiger partial charge is 0.316 e. The van der Waals surface area contributed by atoms with Crippen LogP contribution < -0.4 is 4.74 Å². The Hall–Kier alpha value is -1.69. The molecule has 3 heterocycles. The van der Waals surface area contributed by atoms with Gasteiger partial charge in [0.05, 0.1) is 12.2 Å². The van der Waals surface area contributed by atoms with Crippen molar-refractivity contribution in [1.29, 1.82) is 0 Å². The van der Waals surface area contributed by atoms with E-state index in [-0.39, 0.29) is 17.6 Å². The number of likely N-dealkylation sites (tertiary alicyclic amines) is 1. The molecule has 1 spiro atoms. The normalized spacial score (nSPS) is 24.2. The molecule has 1 aromatic rings. The maximum absolute atomic E-state index is 11.8. The van der Waals surface area contributed by atoms with E-state index >= 15 is 0 Å². The lowest BCUT2D eigenvalue weighted by atomic mass is 9.83. The lowest BCUT2D eigenvalue weighted by Crippen LogP contribution is -2.52. The Kier molecular flexibility index (Phi) is 4.57. The van der Waals surface area contributed by atoms with Crippen LogP contribution in [0.4, 0.5) is 0 Å². The van der Waals surface area contributed by atoms with Crippen molar-refractivity contribution in [3.05, 3.63) is 18.5 Å². The first-order valence-electron chi connectivity index (χ1n) is 8.06. The number of piperidine rings is 1. The number of ether oxygens (including phenoxy) is 2. The maximum Gasteiger partial charge on any atom is 0.316 e. The Bertz CT molecular complexity index is 501. The van der Waals surface area contributed by atoms with Gasteiger partial charge in [-0.1, -0.05) is 6.92 Å². The number of carbonyl (C=O) groups is 1. The van der Waals surface area contributed by atoms with Gasteiger partial charge >= 0.3 is 6.01 Å². The SMILES string of the molecule is CCC(=O)N1CCC2(CC1)CC(Oc1ncccn1)CCO2. The zero-order valence-corrected chi connectivity index (χ0v) is 13.0. The summed E-state index contributed by atoms with van der Waals surface area (Å²) in [5, 5.41) is 0. The monoisotopic (exact) mass is 305 g/mol. The van der Waals surface area contributed by atoms with Gasteiger partial charge in [-0.15, -0.1) is 0 Å². The highest BCUT2D eigenvalue weighted by Crippen LogP contribution is 2.36. The average Bonchev–Trinajstić information content (AvgIpc) is 2.56. The standard InChI is InChI=1S/C16H23N3O3/c1-2-14(20)19-9-5-16(6-10-19)12-13(4-11-21-16)22-15-17-7-3-8-18-15/h3,7-8,13H,2,4-6,9-12H2,1H3. The highest BCUT2D eigenvalue weighted by Gasteiger charge is 2.41. The van der Waals surface area contributed by atoms with Crippen LogP contribution in [0.3, 0.4) is 0 Å². The van der Waals surface area contributed by atoms with E-state index < -0.39 is 0 Å². The number of hydrogen-bond donors (Lipinski definition) is 0. The van der Waals surface area contributed by atoms with Crippen LogP contribution in [0.5, 0.6) is 6.01 Å². The van der Waals surface area contributed by atoms with E-state index in [1.54, 1.807) is 18.5 Å². The van der Waals surface area contributed by atoms with Gasteiger partial charge in [0.1, 0.15) is 6.10 Å². The first-order chi connectivity index (χ1) is 10.7. The van der Waals surface area contributed by atoms with Gasteiger partial charge in [-0.25, -0.2) is 9.97 Å². The number of rotatable bonds is 3. The van der Waals surface area contributed by atoms with Crippen LogP contribution in [0.2, 0.25) is 0 Å². The largest absolute Gasteiger partial charge is 0.460 e. The van der Waals surface area contributed by atoms with Crippen molar-refractivity contribution < 1.29 is 14.3 Å². The van der Waals surface area contributed by atoms with Crippen LogP contribution in [-0.4, -0.2) is 52.2 Å². The molecule has 120 valence electrons. The maximum atomic E-state index is 11.8. The molecule has 22 heavy (non-hydrogen) atoms. The number of nitrogens with zero attached hydrogens (tertiary/aromatic N) is 3. The molecular weight excluding hydrogens is 282 g/mol. The van der Waals surface area contributed by atoms with Crippen molar-refractivity contribution in [3.8, 4) is 6.01 Å². The Morgan fingerprint density at radius 2 is 2.14 bits per heavy atom. The lowest BCUT2D eigenvalue weighted by molar-refractivity contribution is -0.151. The second-order valence-electron chi connectivity index (χ2n) is 6.03. The molecule has 0 aromatic carbocycles. The van der Waals surface area contributed by atoms with Gasteiger partial charge in [-0.3, -0.25) is 4.79 Å². The first-order valence-corrected chi connectivity index (χ1v) is 8.06. The highest BCUT2D eigenvalue weighted by molar-refractivity contribution is 5.75. The van der Waals surface area contributed by atoms with Crippen LogP contribution in [0.1, 0.15) is 39.0 Å². The second kappa shape index (κ2) is 6.60. The minimum atomic E-state index is -0.151. The summed E-state index contributed by atoms with van der Waals surface area (Å²) in [7, 11) is 0. The van der Waals surface area contributed by atoms with Crippen molar-refractivity contribution >= 4 is 5.91 Å². The molecule has 0 N–H and O–H groups in total. The number of amides is 1. The Morgan fingerprint density at radius 3 is 2.82 bits per heavy atom. The number of carbonyl (C=O) groups excluding carboxylic acids is 1. The molecule has 6 heteroatoms. The molecule has 0 saturated carbocycles. The fourth-order valence-corrected chi connectivity index (χ4v) is 3.31. The molecule has 1 aromatic heterocycles. The van der Waals surface area contributed by atoms with Crippen LogP contribution >= 0.6 is 0 Å². The zero-order chi connectivity index (χ0) is 15.4. The number of aromatic nitrogens is 2. The molecule has 2 aliphatic rings. The minimum Gasteiger partial charge on any atom is -0.460 e. The van der Waals surface area contributed by atoms with Crippen LogP contribution in [-0.2, 0) is 9.53 Å². The van der Waals surface area contributed by atoms with Gasteiger partial charge in [-0.05, 0) is 18.9 Å². The first kappa shape index (κ1) is 15.2. The topological polar surface area (TPSA) is 64.6 Å². The molecule has 3 rings (SSSR count). The van der Waals surface area contributed by atoms with E-state index in [9.17, 15) is 4.79 Å². The Balaban J connectivity index is 1.58. The van der Waals surface area contributed by atoms with E-state index in [1.807, 2.05) is 11.8 Å². The summed E-state index contributed by atoms with van der Waals surface area (Å²) >= 11 is 0. The third-order valence-corrected chi connectivity index (χ3v) is 4.59. The lowest BCUT2D eigenvalue weighted by Gasteiger charge is -2.45. The quantitative estimate of drug-likeness (QED) is 0.852. The van der Waals surface area contributed by atoms with Crippen LogP contribution in [0.25, 0.3) is 0 Å². The summed E-state index contributed by atoms with van der Waals surface area (Å²) in [5.74, 6) is 0.233. The van der Waals surface area contributed by atoms with Gasteiger partial charge in [0.2, 0.25) is 5.91 Å². The summed E-state index contributed by atoms with van der Waals surface area (Å²) in [6, 6.07) is 2.21. The summed E-state index contributed by atoms with van der Waals surface area (Å²) in [6.45, 7) is 4.16. The molecular formula is C16H23N3O3. The molecule has 1 amide bonds. The predicted molar refractivity (Wildman–Crippen MR) is 80.5 cm³/mol. The second-order valence-corrected chi connectivity index (χ2v) is 6.03. The van der Waals surface area contributed by atoms with Crippen molar-refractivity contribution in [3.63, 3.8) is 0 Å². The summed E-state index contributed by atoms with van der Waals surface area (Å²) in [6.07, 6.45) is 7.51.